The van der Waals surface area contributed by atoms with E-state index in [0.717, 1.165) is 105 Å². The van der Waals surface area contributed by atoms with E-state index in [2.05, 4.69) is 89.5 Å². The summed E-state index contributed by atoms with van der Waals surface area (Å²) in [5.41, 5.74) is 12.1. The first-order valence-corrected chi connectivity index (χ1v) is 16.9. The van der Waals surface area contributed by atoms with Crippen molar-refractivity contribution in [3.05, 3.63) is 157 Å². The van der Waals surface area contributed by atoms with Crippen LogP contribution in [0.4, 0.5) is 0 Å². The zero-order chi connectivity index (χ0) is 33.6. The van der Waals surface area contributed by atoms with Crippen LogP contribution in [0.1, 0.15) is 5.56 Å². The second kappa shape index (κ2) is 10.4. The van der Waals surface area contributed by atoms with Crippen LogP contribution in [0.15, 0.2) is 160 Å². The van der Waals surface area contributed by atoms with E-state index >= 15 is 0 Å². The number of pyridine rings is 1. The van der Waals surface area contributed by atoms with Crippen LogP contribution in [0, 0.1) is 11.3 Å². The summed E-state index contributed by atoms with van der Waals surface area (Å²) < 4.78 is 15.2. The molecule has 0 saturated carbocycles. The van der Waals surface area contributed by atoms with Crippen LogP contribution in [0.2, 0.25) is 0 Å². The number of furan rings is 2. The average molecular weight is 652 g/mol. The summed E-state index contributed by atoms with van der Waals surface area (Å²) in [6.07, 6.45) is 0. The molecule has 7 aromatic carbocycles. The van der Waals surface area contributed by atoms with E-state index in [-0.39, 0.29) is 0 Å². The third kappa shape index (κ3) is 3.99. The molecule has 11 rings (SSSR count). The smallest absolute Gasteiger partial charge is 0.147 e. The molecule has 0 spiro atoms. The fourth-order valence-corrected chi connectivity index (χ4v) is 7.92. The maximum absolute atomic E-state index is 9.72. The highest BCUT2D eigenvalue weighted by molar-refractivity contribution is 6.29. The maximum atomic E-state index is 9.72. The molecule has 0 aliphatic carbocycles. The van der Waals surface area contributed by atoms with Gasteiger partial charge in [-0.15, -0.1) is 0 Å². The number of benzene rings is 7. The molecule has 51 heavy (non-hydrogen) atoms. The van der Waals surface area contributed by atoms with Crippen LogP contribution in [-0.4, -0.2) is 9.55 Å². The summed E-state index contributed by atoms with van der Waals surface area (Å²) in [4.78, 5) is 5.33. The third-order valence-electron chi connectivity index (χ3n) is 10.2. The normalized spacial score (nSPS) is 11.9. The van der Waals surface area contributed by atoms with Gasteiger partial charge in [0.2, 0.25) is 0 Å². The summed E-state index contributed by atoms with van der Waals surface area (Å²) in [6.45, 7) is 0. The van der Waals surface area contributed by atoms with Gasteiger partial charge in [-0.1, -0.05) is 84.9 Å². The van der Waals surface area contributed by atoms with Crippen molar-refractivity contribution in [2.24, 2.45) is 0 Å². The zero-order valence-electron chi connectivity index (χ0n) is 27.1. The Kier molecular flexibility index (Phi) is 5.67. The highest BCUT2D eigenvalue weighted by Crippen LogP contribution is 2.44. The average Bonchev–Trinajstić information content (AvgIpc) is 3.87. The molecule has 0 N–H and O–H groups in total. The van der Waals surface area contributed by atoms with Crippen molar-refractivity contribution in [1.82, 2.24) is 9.55 Å². The Morgan fingerprint density at radius 3 is 1.92 bits per heavy atom. The van der Waals surface area contributed by atoms with E-state index in [4.69, 9.17) is 13.8 Å². The Labute approximate surface area is 290 Å². The highest BCUT2D eigenvalue weighted by Gasteiger charge is 2.22. The van der Waals surface area contributed by atoms with Crippen LogP contribution in [-0.2, 0) is 0 Å². The molecule has 11 aromatic rings. The summed E-state index contributed by atoms with van der Waals surface area (Å²) in [5, 5.41) is 16.9. The van der Waals surface area contributed by atoms with Gasteiger partial charge in [-0.3, -0.25) is 0 Å². The van der Waals surface area contributed by atoms with Gasteiger partial charge in [-0.25, -0.2) is 4.98 Å². The van der Waals surface area contributed by atoms with Crippen LogP contribution in [0.25, 0.3) is 105 Å². The number of rotatable bonds is 3. The van der Waals surface area contributed by atoms with Crippen molar-refractivity contribution in [3.63, 3.8) is 0 Å². The maximum Gasteiger partial charge on any atom is 0.147 e. The molecule has 4 heterocycles. The number of para-hydroxylation sites is 3. The largest absolute Gasteiger partial charge is 0.456 e. The van der Waals surface area contributed by atoms with Gasteiger partial charge in [0.25, 0.3) is 0 Å². The second-order valence-electron chi connectivity index (χ2n) is 13.0. The number of aromatic nitrogens is 2. The molecule has 0 radical (unpaired) electrons. The molecule has 0 fully saturated rings. The number of hydrogen-bond acceptors (Lipinski definition) is 4. The van der Waals surface area contributed by atoms with Gasteiger partial charge < -0.3 is 13.4 Å². The number of nitriles is 1. The minimum Gasteiger partial charge on any atom is -0.456 e. The molecular formula is C46H25N3O2. The van der Waals surface area contributed by atoms with Crippen molar-refractivity contribution in [2.45, 2.75) is 0 Å². The Bertz CT molecular complexity index is 3250. The lowest BCUT2D eigenvalue weighted by Gasteiger charge is -2.10. The topological polar surface area (TPSA) is 67.9 Å². The summed E-state index contributed by atoms with van der Waals surface area (Å²) >= 11 is 0. The molecule has 236 valence electrons. The Hall–Kier alpha value is -7.16. The summed E-state index contributed by atoms with van der Waals surface area (Å²) in [5.74, 6) is 0. The third-order valence-corrected chi connectivity index (χ3v) is 10.2. The predicted molar refractivity (Wildman–Crippen MR) is 206 cm³/mol. The van der Waals surface area contributed by atoms with Crippen molar-refractivity contribution >= 4 is 76.6 Å². The molecule has 0 aliphatic rings. The van der Waals surface area contributed by atoms with Crippen molar-refractivity contribution in [3.8, 4) is 34.1 Å². The van der Waals surface area contributed by atoms with E-state index in [0.29, 0.717) is 5.56 Å². The predicted octanol–water partition coefficient (Wildman–Crippen LogP) is 12.3. The summed E-state index contributed by atoms with van der Waals surface area (Å²) in [7, 11) is 0. The van der Waals surface area contributed by atoms with Crippen LogP contribution < -0.4 is 0 Å². The monoisotopic (exact) mass is 651 g/mol. The van der Waals surface area contributed by atoms with Gasteiger partial charge in [-0.2, -0.15) is 5.26 Å². The van der Waals surface area contributed by atoms with Gasteiger partial charge in [-0.05, 0) is 77.9 Å². The Balaban J connectivity index is 1.10. The van der Waals surface area contributed by atoms with Gasteiger partial charge in [0.15, 0.2) is 0 Å². The fourth-order valence-electron chi connectivity index (χ4n) is 7.92. The molecule has 0 atom stereocenters. The second-order valence-corrected chi connectivity index (χ2v) is 13.0. The molecule has 0 unspecified atom stereocenters. The van der Waals surface area contributed by atoms with Gasteiger partial charge in [0.05, 0.1) is 44.6 Å². The molecule has 5 nitrogen and oxygen atoms in total. The van der Waals surface area contributed by atoms with E-state index in [1.165, 1.54) is 0 Å². The van der Waals surface area contributed by atoms with Crippen molar-refractivity contribution < 1.29 is 8.83 Å². The molecular weight excluding hydrogens is 627 g/mol. The molecule has 0 aliphatic heterocycles. The molecule has 0 amide bonds. The van der Waals surface area contributed by atoms with Gasteiger partial charge >= 0.3 is 0 Å². The molecule has 0 saturated heterocycles. The van der Waals surface area contributed by atoms with E-state index < -0.39 is 0 Å². The van der Waals surface area contributed by atoms with E-state index in [1.807, 2.05) is 72.8 Å². The van der Waals surface area contributed by atoms with Gasteiger partial charge in [0, 0.05) is 38.2 Å². The molecule has 5 heteroatoms. The minimum atomic E-state index is 0.645. The van der Waals surface area contributed by atoms with Crippen molar-refractivity contribution in [2.75, 3.05) is 0 Å². The lowest BCUT2D eigenvalue weighted by molar-refractivity contribution is 0.667. The Morgan fingerprint density at radius 1 is 0.490 bits per heavy atom. The fraction of sp³-hybridized carbons (Fsp3) is 0. The summed E-state index contributed by atoms with van der Waals surface area (Å²) in [6, 6.07) is 54.2. The number of nitrogens with zero attached hydrogens (tertiary/aromatic N) is 3. The lowest BCUT2D eigenvalue weighted by Crippen LogP contribution is -1.93. The SMILES string of the molecule is N#Cc1ccc2c(c1)c1cc(-c3ccc(-c4nc5ccc6oc7ccccc7c6c5c5oc6ccccc6c45)cc3)ccc1n2-c1ccccc1. The first kappa shape index (κ1) is 27.8. The Morgan fingerprint density at radius 2 is 1.14 bits per heavy atom. The molecule has 4 aromatic heterocycles. The standard InChI is InChI=1S/C46H25N3O2/c47-26-27-14-21-37-34(24-27)35-25-30(19-22-38(35)49(37)31-8-2-1-3-9-31)28-15-17-29(18-16-28)45-43-33-11-5-7-13-40(33)51-46(43)44-36(48-45)20-23-41-42(44)32-10-4-6-12-39(32)50-41/h1-25H. The van der Waals surface area contributed by atoms with Crippen LogP contribution in [0.5, 0.6) is 0 Å². The lowest BCUT2D eigenvalue weighted by atomic mass is 9.97. The minimum absolute atomic E-state index is 0.645. The first-order chi connectivity index (χ1) is 25.2. The molecule has 0 bridgehead atoms. The number of fused-ring (bicyclic) bond motifs is 12. The highest BCUT2D eigenvalue weighted by atomic mass is 16.3. The number of hydrogen-bond donors (Lipinski definition) is 0. The van der Waals surface area contributed by atoms with E-state index in [9.17, 15) is 5.26 Å². The first-order valence-electron chi connectivity index (χ1n) is 16.9. The quantitative estimate of drug-likeness (QED) is 0.191. The van der Waals surface area contributed by atoms with Crippen molar-refractivity contribution in [1.29, 1.82) is 5.26 Å². The zero-order valence-corrected chi connectivity index (χ0v) is 27.1. The van der Waals surface area contributed by atoms with E-state index in [1.54, 1.807) is 0 Å². The van der Waals surface area contributed by atoms with Crippen LogP contribution >= 0.6 is 0 Å². The van der Waals surface area contributed by atoms with Crippen LogP contribution in [0.3, 0.4) is 0 Å². The van der Waals surface area contributed by atoms with Gasteiger partial charge in [0.1, 0.15) is 22.3 Å².